The molecule has 27 heavy (non-hydrogen) atoms. The van der Waals surface area contributed by atoms with Gasteiger partial charge in [0.2, 0.25) is 11.8 Å². The maximum atomic E-state index is 13.9. The van der Waals surface area contributed by atoms with E-state index < -0.39 is 6.04 Å². The molecule has 0 fully saturated rings. The van der Waals surface area contributed by atoms with Crippen LogP contribution < -0.4 is 10.1 Å². The summed E-state index contributed by atoms with van der Waals surface area (Å²) in [6.07, 6.45) is 0.0675. The molecular weight excluding hydrogens is 415 g/mol. The average molecular weight is 437 g/mol. The third-order valence-electron chi connectivity index (χ3n) is 4.12. The lowest BCUT2D eigenvalue weighted by Crippen LogP contribution is -2.33. The van der Waals surface area contributed by atoms with Crippen LogP contribution in [0.1, 0.15) is 30.5 Å². The van der Waals surface area contributed by atoms with Crippen molar-refractivity contribution < 1.29 is 18.7 Å². The van der Waals surface area contributed by atoms with Crippen molar-refractivity contribution >= 4 is 27.7 Å². The van der Waals surface area contributed by atoms with Gasteiger partial charge in [-0.1, -0.05) is 28.1 Å². The molecular formula is C20H22BrFN2O3. The summed E-state index contributed by atoms with van der Waals surface area (Å²) in [6.45, 7) is 1.54. The van der Waals surface area contributed by atoms with E-state index in [-0.39, 0.29) is 30.6 Å². The van der Waals surface area contributed by atoms with Gasteiger partial charge in [-0.05, 0) is 35.9 Å². The van der Waals surface area contributed by atoms with Crippen LogP contribution in [0.3, 0.4) is 0 Å². The van der Waals surface area contributed by atoms with E-state index >= 15 is 0 Å². The molecule has 1 atom stereocenters. The minimum atomic E-state index is -0.476. The highest BCUT2D eigenvalue weighted by molar-refractivity contribution is 9.10. The van der Waals surface area contributed by atoms with Crippen LogP contribution in [0.5, 0.6) is 5.75 Å². The van der Waals surface area contributed by atoms with E-state index in [1.54, 1.807) is 50.6 Å². The van der Waals surface area contributed by atoms with E-state index in [9.17, 15) is 14.0 Å². The molecule has 0 spiro atoms. The Hall–Kier alpha value is -2.41. The number of rotatable bonds is 7. The Labute approximate surface area is 166 Å². The molecule has 144 valence electrons. The van der Waals surface area contributed by atoms with E-state index in [1.165, 1.54) is 17.9 Å². The molecule has 0 aliphatic rings. The molecule has 2 aromatic carbocycles. The molecule has 0 saturated carbocycles. The fraction of sp³-hybridized carbons (Fsp3) is 0.300. The molecule has 0 saturated heterocycles. The molecule has 7 heteroatoms. The Morgan fingerprint density at radius 3 is 2.48 bits per heavy atom. The van der Waals surface area contributed by atoms with Crippen molar-refractivity contribution in [1.82, 2.24) is 10.2 Å². The number of nitrogens with zero attached hydrogens (tertiary/aromatic N) is 1. The fourth-order valence-corrected chi connectivity index (χ4v) is 3.08. The molecule has 2 rings (SSSR count). The summed E-state index contributed by atoms with van der Waals surface area (Å²) in [4.78, 5) is 25.7. The van der Waals surface area contributed by atoms with E-state index in [0.29, 0.717) is 11.3 Å². The minimum absolute atomic E-state index is 0.0675. The second-order valence-electron chi connectivity index (χ2n) is 6.22. The molecule has 0 aliphatic carbocycles. The molecule has 0 bridgehead atoms. The molecule has 0 aliphatic heterocycles. The number of halogens is 2. The Kier molecular flexibility index (Phi) is 7.36. The topological polar surface area (TPSA) is 58.6 Å². The van der Waals surface area contributed by atoms with Gasteiger partial charge in [-0.2, -0.15) is 0 Å². The standard InChI is InChI=1S/C20H22BrFN2O3/c1-13(25)23-19(14-4-7-17(27-3)8-5-14)11-20(26)24(2)12-15-10-16(21)6-9-18(15)22/h4-10,19H,11-12H2,1-3H3,(H,23,25). The zero-order valence-electron chi connectivity index (χ0n) is 15.5. The number of hydrogen-bond donors (Lipinski definition) is 1. The van der Waals surface area contributed by atoms with Crippen LogP contribution in [-0.4, -0.2) is 30.9 Å². The van der Waals surface area contributed by atoms with Crippen molar-refractivity contribution in [2.24, 2.45) is 0 Å². The number of hydrogen-bond acceptors (Lipinski definition) is 3. The molecule has 2 aromatic rings. The first-order valence-corrected chi connectivity index (χ1v) is 9.18. The lowest BCUT2D eigenvalue weighted by molar-refractivity contribution is -0.131. The van der Waals surface area contributed by atoms with Crippen molar-refractivity contribution in [3.05, 3.63) is 63.9 Å². The summed E-state index contributed by atoms with van der Waals surface area (Å²) in [5.41, 5.74) is 1.21. The average Bonchev–Trinajstić information content (AvgIpc) is 2.63. The van der Waals surface area contributed by atoms with Crippen molar-refractivity contribution in [2.75, 3.05) is 14.2 Å². The third kappa shape index (κ3) is 6.06. The van der Waals surface area contributed by atoms with Crippen LogP contribution >= 0.6 is 15.9 Å². The Morgan fingerprint density at radius 1 is 1.22 bits per heavy atom. The monoisotopic (exact) mass is 436 g/mol. The molecule has 1 N–H and O–H groups in total. The normalized spacial score (nSPS) is 11.6. The largest absolute Gasteiger partial charge is 0.497 e. The first kappa shape index (κ1) is 20.9. The number of carbonyl (C=O) groups excluding carboxylic acids is 2. The number of benzene rings is 2. The lowest BCUT2D eigenvalue weighted by Gasteiger charge is -2.23. The number of carbonyl (C=O) groups is 2. The maximum absolute atomic E-state index is 13.9. The van der Waals surface area contributed by atoms with Gasteiger partial charge in [-0.15, -0.1) is 0 Å². The number of nitrogens with one attached hydrogen (secondary N) is 1. The van der Waals surface area contributed by atoms with Crippen molar-refractivity contribution in [3.8, 4) is 5.75 Å². The predicted octanol–water partition coefficient (Wildman–Crippen LogP) is 3.82. The van der Waals surface area contributed by atoms with Gasteiger partial charge in [-0.3, -0.25) is 9.59 Å². The van der Waals surface area contributed by atoms with Crippen molar-refractivity contribution in [3.63, 3.8) is 0 Å². The SMILES string of the molecule is COc1ccc(C(CC(=O)N(C)Cc2cc(Br)ccc2F)NC(C)=O)cc1. The maximum Gasteiger partial charge on any atom is 0.225 e. The van der Waals surface area contributed by atoms with Crippen LogP contribution in [0.2, 0.25) is 0 Å². The van der Waals surface area contributed by atoms with Gasteiger partial charge in [0.1, 0.15) is 11.6 Å². The minimum Gasteiger partial charge on any atom is -0.497 e. The third-order valence-corrected chi connectivity index (χ3v) is 4.61. The van der Waals surface area contributed by atoms with Gasteiger partial charge in [0.05, 0.1) is 19.6 Å². The van der Waals surface area contributed by atoms with Gasteiger partial charge in [0.25, 0.3) is 0 Å². The van der Waals surface area contributed by atoms with Crippen LogP contribution in [0.15, 0.2) is 46.9 Å². The van der Waals surface area contributed by atoms with Crippen LogP contribution in [0.4, 0.5) is 4.39 Å². The summed E-state index contributed by atoms with van der Waals surface area (Å²) >= 11 is 3.31. The second kappa shape index (κ2) is 9.50. The van der Waals surface area contributed by atoms with E-state index in [0.717, 1.165) is 10.0 Å². The molecule has 2 amide bonds. The van der Waals surface area contributed by atoms with Gasteiger partial charge in [-0.25, -0.2) is 4.39 Å². The summed E-state index contributed by atoms with van der Waals surface area (Å²) in [5, 5.41) is 2.79. The highest BCUT2D eigenvalue weighted by Gasteiger charge is 2.20. The summed E-state index contributed by atoms with van der Waals surface area (Å²) < 4.78 is 19.8. The van der Waals surface area contributed by atoms with E-state index in [4.69, 9.17) is 4.74 Å². The van der Waals surface area contributed by atoms with E-state index in [2.05, 4.69) is 21.2 Å². The second-order valence-corrected chi connectivity index (χ2v) is 7.13. The Bertz CT molecular complexity index is 811. The summed E-state index contributed by atoms with van der Waals surface area (Å²) in [5.74, 6) is -0.117. The summed E-state index contributed by atoms with van der Waals surface area (Å²) in [7, 11) is 3.18. The number of ether oxygens (including phenoxy) is 1. The van der Waals surface area contributed by atoms with Gasteiger partial charge in [0.15, 0.2) is 0 Å². The van der Waals surface area contributed by atoms with Gasteiger partial charge >= 0.3 is 0 Å². The van der Waals surface area contributed by atoms with Crippen LogP contribution in [0, 0.1) is 5.82 Å². The zero-order valence-corrected chi connectivity index (χ0v) is 17.0. The first-order chi connectivity index (χ1) is 12.8. The van der Waals surface area contributed by atoms with Crippen LogP contribution in [-0.2, 0) is 16.1 Å². The smallest absolute Gasteiger partial charge is 0.225 e. The highest BCUT2D eigenvalue weighted by atomic mass is 79.9. The first-order valence-electron chi connectivity index (χ1n) is 8.39. The quantitative estimate of drug-likeness (QED) is 0.717. The van der Waals surface area contributed by atoms with E-state index in [1.807, 2.05) is 0 Å². The molecule has 1 unspecified atom stereocenters. The number of methoxy groups -OCH3 is 1. The highest BCUT2D eigenvalue weighted by Crippen LogP contribution is 2.22. The van der Waals surface area contributed by atoms with Crippen molar-refractivity contribution in [2.45, 2.75) is 25.9 Å². The molecule has 5 nitrogen and oxygen atoms in total. The Balaban J connectivity index is 2.11. The summed E-state index contributed by atoms with van der Waals surface area (Å²) in [6, 6.07) is 11.3. The fourth-order valence-electron chi connectivity index (χ4n) is 2.67. The van der Waals surface area contributed by atoms with Gasteiger partial charge < -0.3 is 15.0 Å². The molecule has 0 aromatic heterocycles. The Morgan fingerprint density at radius 2 is 1.89 bits per heavy atom. The lowest BCUT2D eigenvalue weighted by atomic mass is 10.0. The van der Waals surface area contributed by atoms with Gasteiger partial charge in [0, 0.05) is 30.6 Å². The molecule has 0 heterocycles. The number of amides is 2. The van der Waals surface area contributed by atoms with Crippen LogP contribution in [0.25, 0.3) is 0 Å². The molecule has 0 radical (unpaired) electrons. The predicted molar refractivity (Wildman–Crippen MR) is 105 cm³/mol. The van der Waals surface area contributed by atoms with Crippen molar-refractivity contribution in [1.29, 1.82) is 0 Å². The zero-order chi connectivity index (χ0) is 20.0.